The van der Waals surface area contributed by atoms with Crippen molar-refractivity contribution in [3.8, 4) is 0 Å². The number of imidazole rings is 1. The molecule has 0 aliphatic carbocycles. The highest BCUT2D eigenvalue weighted by Crippen LogP contribution is 2.25. The van der Waals surface area contributed by atoms with Crippen LogP contribution in [0.2, 0.25) is 0 Å². The lowest BCUT2D eigenvalue weighted by atomic mass is 10.1. The fraction of sp³-hybridized carbons (Fsp3) is 0.286. The second-order valence-corrected chi connectivity index (χ2v) is 7.08. The van der Waals surface area contributed by atoms with E-state index >= 15 is 0 Å². The molecule has 3 heterocycles. The second kappa shape index (κ2) is 7.92. The maximum Gasteiger partial charge on any atom is 0.291 e. The average molecular weight is 393 g/mol. The first-order chi connectivity index (χ1) is 14.0. The number of carbonyl (C=O) groups excluding carboxylic acids is 2. The summed E-state index contributed by atoms with van der Waals surface area (Å²) in [6.07, 6.45) is 5.06. The van der Waals surface area contributed by atoms with Crippen LogP contribution in [0, 0.1) is 6.92 Å². The Hall–Kier alpha value is -3.39. The highest BCUT2D eigenvalue weighted by molar-refractivity contribution is 6.04. The first-order valence-electron chi connectivity index (χ1n) is 9.49. The standard InChI is InChI=1S/C21H23N5O3/c1-14-5-6-15(12-16(14)24-20(27)18-4-3-11-29-18)21(28)26-10-7-22-13-17(26)19-23-8-9-25(19)2/h3-6,8-9,11-12,17,22H,7,10,13H2,1-2H3,(H,24,27). The Labute approximate surface area is 168 Å². The van der Waals surface area contributed by atoms with Crippen LogP contribution >= 0.6 is 0 Å². The van der Waals surface area contributed by atoms with Gasteiger partial charge in [0.25, 0.3) is 11.8 Å². The summed E-state index contributed by atoms with van der Waals surface area (Å²) in [5.74, 6) is 0.617. The van der Waals surface area contributed by atoms with Crippen LogP contribution in [-0.4, -0.2) is 45.9 Å². The highest BCUT2D eigenvalue weighted by Gasteiger charge is 2.31. The van der Waals surface area contributed by atoms with Crippen LogP contribution in [0.5, 0.6) is 0 Å². The van der Waals surface area contributed by atoms with Gasteiger partial charge in [0.1, 0.15) is 11.9 Å². The quantitative estimate of drug-likeness (QED) is 0.710. The molecule has 0 bridgehead atoms. The van der Waals surface area contributed by atoms with Crippen molar-refractivity contribution in [1.29, 1.82) is 0 Å². The minimum atomic E-state index is -0.351. The van der Waals surface area contributed by atoms with E-state index in [1.54, 1.807) is 30.5 Å². The summed E-state index contributed by atoms with van der Waals surface area (Å²) in [7, 11) is 1.92. The molecule has 4 rings (SSSR count). The molecule has 8 heteroatoms. The summed E-state index contributed by atoms with van der Waals surface area (Å²) < 4.78 is 7.08. The molecule has 29 heavy (non-hydrogen) atoms. The highest BCUT2D eigenvalue weighted by atomic mass is 16.3. The molecule has 1 atom stereocenters. The number of anilines is 1. The SMILES string of the molecule is Cc1ccc(C(=O)N2CCNCC2c2nccn2C)cc1NC(=O)c1ccco1. The van der Waals surface area contributed by atoms with Gasteiger partial charge < -0.3 is 24.5 Å². The summed E-state index contributed by atoms with van der Waals surface area (Å²) >= 11 is 0. The normalized spacial score (nSPS) is 16.6. The van der Waals surface area contributed by atoms with E-state index in [1.807, 2.05) is 35.7 Å². The van der Waals surface area contributed by atoms with Crippen molar-refractivity contribution in [3.63, 3.8) is 0 Å². The minimum Gasteiger partial charge on any atom is -0.459 e. The van der Waals surface area contributed by atoms with Crippen molar-refractivity contribution in [1.82, 2.24) is 19.8 Å². The maximum atomic E-state index is 13.3. The van der Waals surface area contributed by atoms with Gasteiger partial charge >= 0.3 is 0 Å². The van der Waals surface area contributed by atoms with Crippen molar-refractivity contribution in [3.05, 3.63) is 71.7 Å². The molecule has 0 radical (unpaired) electrons. The molecule has 1 aliphatic heterocycles. The van der Waals surface area contributed by atoms with E-state index in [4.69, 9.17) is 4.42 Å². The molecule has 1 aromatic carbocycles. The van der Waals surface area contributed by atoms with Gasteiger partial charge in [-0.2, -0.15) is 0 Å². The predicted octanol–water partition coefficient (Wildman–Crippen LogP) is 2.36. The van der Waals surface area contributed by atoms with Gasteiger partial charge in [0.2, 0.25) is 0 Å². The van der Waals surface area contributed by atoms with Crippen LogP contribution < -0.4 is 10.6 Å². The Morgan fingerprint density at radius 2 is 2.17 bits per heavy atom. The van der Waals surface area contributed by atoms with E-state index in [0.29, 0.717) is 24.3 Å². The number of nitrogens with one attached hydrogen (secondary N) is 2. The molecule has 1 aliphatic rings. The topological polar surface area (TPSA) is 92.4 Å². The number of aryl methyl sites for hydroxylation is 2. The van der Waals surface area contributed by atoms with Crippen molar-refractivity contribution in [2.24, 2.45) is 7.05 Å². The smallest absolute Gasteiger partial charge is 0.291 e. The summed E-state index contributed by atoms with van der Waals surface area (Å²) in [5, 5.41) is 6.16. The van der Waals surface area contributed by atoms with E-state index < -0.39 is 0 Å². The number of aromatic nitrogens is 2. The first kappa shape index (κ1) is 18.9. The lowest BCUT2D eigenvalue weighted by Crippen LogP contribution is -2.49. The Kier molecular flexibility index (Phi) is 5.18. The second-order valence-electron chi connectivity index (χ2n) is 7.08. The zero-order valence-corrected chi connectivity index (χ0v) is 16.4. The van der Waals surface area contributed by atoms with Gasteiger partial charge in [-0.1, -0.05) is 6.07 Å². The van der Waals surface area contributed by atoms with E-state index in [-0.39, 0.29) is 23.6 Å². The summed E-state index contributed by atoms with van der Waals surface area (Å²) in [6, 6.07) is 8.44. The van der Waals surface area contributed by atoms with E-state index in [1.165, 1.54) is 6.26 Å². The molecule has 8 nitrogen and oxygen atoms in total. The number of hydrogen-bond acceptors (Lipinski definition) is 5. The first-order valence-corrected chi connectivity index (χ1v) is 9.49. The van der Waals surface area contributed by atoms with E-state index in [0.717, 1.165) is 17.9 Å². The Balaban J connectivity index is 1.59. The van der Waals surface area contributed by atoms with Crippen LogP contribution in [0.3, 0.4) is 0 Å². The Morgan fingerprint density at radius 3 is 2.90 bits per heavy atom. The van der Waals surface area contributed by atoms with Gasteiger partial charge in [-0.15, -0.1) is 0 Å². The van der Waals surface area contributed by atoms with Crippen LogP contribution in [0.15, 0.2) is 53.4 Å². The fourth-order valence-electron chi connectivity index (χ4n) is 3.52. The van der Waals surface area contributed by atoms with Crippen molar-refractivity contribution < 1.29 is 14.0 Å². The number of hydrogen-bond donors (Lipinski definition) is 2. The molecule has 1 fully saturated rings. The van der Waals surface area contributed by atoms with Crippen LogP contribution in [-0.2, 0) is 7.05 Å². The summed E-state index contributed by atoms with van der Waals surface area (Å²) in [4.78, 5) is 31.9. The lowest BCUT2D eigenvalue weighted by molar-refractivity contribution is 0.0620. The maximum absolute atomic E-state index is 13.3. The van der Waals surface area contributed by atoms with Crippen LogP contribution in [0.1, 0.15) is 38.3 Å². The summed E-state index contributed by atoms with van der Waals surface area (Å²) in [6.45, 7) is 3.83. The summed E-state index contributed by atoms with van der Waals surface area (Å²) in [5.41, 5.74) is 1.97. The molecular weight excluding hydrogens is 370 g/mol. The molecule has 150 valence electrons. The van der Waals surface area contributed by atoms with Gasteiger partial charge in [-0.3, -0.25) is 9.59 Å². The number of nitrogens with zero attached hydrogens (tertiary/aromatic N) is 3. The van der Waals surface area contributed by atoms with Gasteiger partial charge in [0, 0.05) is 50.3 Å². The van der Waals surface area contributed by atoms with E-state index in [9.17, 15) is 9.59 Å². The third kappa shape index (κ3) is 3.79. The van der Waals surface area contributed by atoms with Gasteiger partial charge in [0.15, 0.2) is 5.76 Å². The molecule has 0 spiro atoms. The van der Waals surface area contributed by atoms with Crippen molar-refractivity contribution in [2.45, 2.75) is 13.0 Å². The van der Waals surface area contributed by atoms with Crippen molar-refractivity contribution >= 4 is 17.5 Å². The number of amides is 2. The fourth-order valence-corrected chi connectivity index (χ4v) is 3.52. The number of benzene rings is 1. The number of carbonyl (C=O) groups is 2. The van der Waals surface area contributed by atoms with Crippen molar-refractivity contribution in [2.75, 3.05) is 25.0 Å². The molecular formula is C21H23N5O3. The molecule has 1 unspecified atom stereocenters. The Morgan fingerprint density at radius 1 is 1.31 bits per heavy atom. The monoisotopic (exact) mass is 393 g/mol. The number of rotatable bonds is 4. The lowest BCUT2D eigenvalue weighted by Gasteiger charge is -2.36. The molecule has 1 saturated heterocycles. The molecule has 3 aromatic rings. The largest absolute Gasteiger partial charge is 0.459 e. The third-order valence-electron chi connectivity index (χ3n) is 5.14. The van der Waals surface area contributed by atoms with Gasteiger partial charge in [0.05, 0.1) is 6.26 Å². The zero-order chi connectivity index (χ0) is 20.4. The third-order valence-corrected chi connectivity index (χ3v) is 5.14. The number of piperazine rings is 1. The predicted molar refractivity (Wildman–Crippen MR) is 108 cm³/mol. The molecule has 2 N–H and O–H groups in total. The molecule has 2 aromatic heterocycles. The molecule has 2 amide bonds. The van der Waals surface area contributed by atoms with E-state index in [2.05, 4.69) is 15.6 Å². The zero-order valence-electron chi connectivity index (χ0n) is 16.4. The number of furan rings is 1. The van der Waals surface area contributed by atoms with Crippen LogP contribution in [0.25, 0.3) is 0 Å². The van der Waals surface area contributed by atoms with Crippen LogP contribution in [0.4, 0.5) is 5.69 Å². The molecule has 0 saturated carbocycles. The van der Waals surface area contributed by atoms with Gasteiger partial charge in [-0.25, -0.2) is 4.98 Å². The van der Waals surface area contributed by atoms with Gasteiger partial charge in [-0.05, 0) is 36.8 Å². The minimum absolute atomic E-state index is 0.0898. The Bertz CT molecular complexity index is 1020. The average Bonchev–Trinajstić information content (AvgIpc) is 3.41.